The van der Waals surface area contributed by atoms with Crippen molar-refractivity contribution in [1.82, 2.24) is 19.5 Å². The third kappa shape index (κ3) is 1.95. The van der Waals surface area contributed by atoms with Crippen LogP contribution >= 0.6 is 0 Å². The second-order valence-corrected chi connectivity index (χ2v) is 3.61. The molecule has 0 unspecified atom stereocenters. The summed E-state index contributed by atoms with van der Waals surface area (Å²) in [5.74, 6) is 0.497. The standard InChI is InChI=1S/C10H14N6/c1-15(2)10(11)13-7-8-3-5-12-9-4-6-14-16(8)9/h3-6H,7H2,1-2H3,(H2,11,13). The lowest BCUT2D eigenvalue weighted by Crippen LogP contribution is -2.30. The molecule has 0 aliphatic carbocycles. The maximum absolute atomic E-state index is 5.71. The molecule has 16 heavy (non-hydrogen) atoms. The molecule has 2 aromatic rings. The molecule has 2 heterocycles. The van der Waals surface area contributed by atoms with Crippen molar-refractivity contribution < 1.29 is 0 Å². The van der Waals surface area contributed by atoms with Crippen LogP contribution in [0.2, 0.25) is 0 Å². The molecular formula is C10H14N6. The first-order valence-corrected chi connectivity index (χ1v) is 4.93. The van der Waals surface area contributed by atoms with Crippen molar-refractivity contribution in [1.29, 1.82) is 0 Å². The second kappa shape index (κ2) is 4.18. The minimum atomic E-state index is 0.491. The van der Waals surface area contributed by atoms with E-state index in [0.29, 0.717) is 12.5 Å². The summed E-state index contributed by atoms with van der Waals surface area (Å²) in [6, 6.07) is 3.73. The molecule has 84 valence electrons. The molecule has 2 aromatic heterocycles. The molecule has 2 N–H and O–H groups in total. The zero-order valence-electron chi connectivity index (χ0n) is 9.33. The van der Waals surface area contributed by atoms with Gasteiger partial charge in [0.1, 0.15) is 0 Å². The molecule has 0 radical (unpaired) electrons. The number of rotatable bonds is 2. The summed E-state index contributed by atoms with van der Waals surface area (Å²) in [6.07, 6.45) is 3.46. The Morgan fingerprint density at radius 1 is 1.44 bits per heavy atom. The quantitative estimate of drug-likeness (QED) is 0.573. The fourth-order valence-electron chi connectivity index (χ4n) is 1.31. The largest absolute Gasteiger partial charge is 0.370 e. The van der Waals surface area contributed by atoms with Crippen LogP contribution in [0.3, 0.4) is 0 Å². The van der Waals surface area contributed by atoms with Gasteiger partial charge in [0.05, 0.1) is 18.4 Å². The van der Waals surface area contributed by atoms with E-state index in [1.807, 2.05) is 26.2 Å². The Morgan fingerprint density at radius 2 is 2.25 bits per heavy atom. The number of hydrogen-bond donors (Lipinski definition) is 1. The fourth-order valence-corrected chi connectivity index (χ4v) is 1.31. The maximum atomic E-state index is 5.71. The van der Waals surface area contributed by atoms with Crippen LogP contribution in [0.1, 0.15) is 5.69 Å². The van der Waals surface area contributed by atoms with Crippen molar-refractivity contribution >= 4 is 11.6 Å². The van der Waals surface area contributed by atoms with E-state index in [1.54, 1.807) is 21.8 Å². The highest BCUT2D eigenvalue weighted by molar-refractivity contribution is 5.77. The third-order valence-corrected chi connectivity index (χ3v) is 2.23. The zero-order valence-corrected chi connectivity index (χ0v) is 9.33. The third-order valence-electron chi connectivity index (χ3n) is 2.23. The van der Waals surface area contributed by atoms with Crippen LogP contribution < -0.4 is 5.73 Å². The molecule has 0 atom stereocenters. The van der Waals surface area contributed by atoms with Gasteiger partial charge in [-0.05, 0) is 6.07 Å². The number of hydrogen-bond acceptors (Lipinski definition) is 3. The van der Waals surface area contributed by atoms with Gasteiger partial charge in [-0.2, -0.15) is 5.10 Å². The maximum Gasteiger partial charge on any atom is 0.191 e. The molecule has 0 amide bonds. The predicted molar refractivity (Wildman–Crippen MR) is 62.0 cm³/mol. The average molecular weight is 218 g/mol. The summed E-state index contributed by atoms with van der Waals surface area (Å²) in [6.45, 7) is 0.491. The van der Waals surface area contributed by atoms with Crippen molar-refractivity contribution in [3.8, 4) is 0 Å². The highest BCUT2D eigenvalue weighted by Gasteiger charge is 2.01. The summed E-state index contributed by atoms with van der Waals surface area (Å²) >= 11 is 0. The van der Waals surface area contributed by atoms with E-state index in [9.17, 15) is 0 Å². The van der Waals surface area contributed by atoms with Gasteiger partial charge in [-0.15, -0.1) is 0 Å². The zero-order chi connectivity index (χ0) is 11.5. The first kappa shape index (κ1) is 10.4. The van der Waals surface area contributed by atoms with Gasteiger partial charge in [0, 0.05) is 26.4 Å². The molecule has 0 aliphatic heterocycles. The Morgan fingerprint density at radius 3 is 3.00 bits per heavy atom. The minimum absolute atomic E-state index is 0.491. The molecule has 0 aliphatic rings. The van der Waals surface area contributed by atoms with Gasteiger partial charge in [0.2, 0.25) is 0 Å². The summed E-state index contributed by atoms with van der Waals surface area (Å²) in [4.78, 5) is 10.2. The Bertz CT molecular complexity index is 513. The molecular weight excluding hydrogens is 204 g/mol. The first-order chi connectivity index (χ1) is 7.68. The molecule has 6 nitrogen and oxygen atoms in total. The van der Waals surface area contributed by atoms with Crippen molar-refractivity contribution in [2.45, 2.75) is 6.54 Å². The van der Waals surface area contributed by atoms with Crippen molar-refractivity contribution in [3.05, 3.63) is 30.2 Å². The van der Waals surface area contributed by atoms with E-state index in [0.717, 1.165) is 11.3 Å². The van der Waals surface area contributed by atoms with Gasteiger partial charge in [-0.1, -0.05) is 0 Å². The summed E-state index contributed by atoms with van der Waals surface area (Å²) in [5.41, 5.74) is 7.49. The molecule has 0 saturated carbocycles. The van der Waals surface area contributed by atoms with Gasteiger partial charge in [-0.25, -0.2) is 14.5 Å². The number of nitrogens with zero attached hydrogens (tertiary/aromatic N) is 5. The number of nitrogens with two attached hydrogens (primary N) is 1. The minimum Gasteiger partial charge on any atom is -0.370 e. The highest BCUT2D eigenvalue weighted by Crippen LogP contribution is 2.04. The highest BCUT2D eigenvalue weighted by atomic mass is 15.3. The lowest BCUT2D eigenvalue weighted by Gasteiger charge is -2.10. The fraction of sp³-hybridized carbons (Fsp3) is 0.300. The van der Waals surface area contributed by atoms with Crippen molar-refractivity contribution in [2.75, 3.05) is 14.1 Å². The monoisotopic (exact) mass is 218 g/mol. The van der Waals surface area contributed by atoms with Crippen molar-refractivity contribution in [3.63, 3.8) is 0 Å². The summed E-state index contributed by atoms with van der Waals surface area (Å²) in [5, 5.41) is 4.17. The molecule has 0 saturated heterocycles. The lowest BCUT2D eigenvalue weighted by molar-refractivity contribution is 0.608. The number of aromatic nitrogens is 3. The van der Waals surface area contributed by atoms with Crippen LogP contribution in [0.4, 0.5) is 0 Å². The Balaban J connectivity index is 2.28. The van der Waals surface area contributed by atoms with Crippen LogP contribution in [0.25, 0.3) is 5.65 Å². The molecule has 0 bridgehead atoms. The normalized spacial score (nSPS) is 12.0. The molecule has 0 spiro atoms. The van der Waals surface area contributed by atoms with Crippen LogP contribution in [0.15, 0.2) is 29.5 Å². The molecule has 0 aromatic carbocycles. The SMILES string of the molecule is CN(C)C(N)=NCc1ccnc2ccnn12. The molecule has 2 rings (SSSR count). The number of guanidine groups is 1. The van der Waals surface area contributed by atoms with E-state index in [-0.39, 0.29) is 0 Å². The Kier molecular flexibility index (Phi) is 2.72. The van der Waals surface area contributed by atoms with E-state index < -0.39 is 0 Å². The molecule has 6 heteroatoms. The van der Waals surface area contributed by atoms with E-state index in [4.69, 9.17) is 5.73 Å². The number of fused-ring (bicyclic) bond motifs is 1. The van der Waals surface area contributed by atoms with E-state index >= 15 is 0 Å². The van der Waals surface area contributed by atoms with Gasteiger partial charge in [-0.3, -0.25) is 0 Å². The van der Waals surface area contributed by atoms with Gasteiger partial charge in [0.25, 0.3) is 0 Å². The lowest BCUT2D eigenvalue weighted by atomic mass is 10.4. The first-order valence-electron chi connectivity index (χ1n) is 4.93. The Hall–Kier alpha value is -2.11. The van der Waals surface area contributed by atoms with Crippen LogP contribution in [0.5, 0.6) is 0 Å². The van der Waals surface area contributed by atoms with Gasteiger partial charge < -0.3 is 10.6 Å². The summed E-state index contributed by atoms with van der Waals surface area (Å²) < 4.78 is 1.76. The second-order valence-electron chi connectivity index (χ2n) is 3.61. The van der Waals surface area contributed by atoms with Crippen LogP contribution in [-0.4, -0.2) is 39.6 Å². The average Bonchev–Trinajstić information content (AvgIpc) is 2.73. The topological polar surface area (TPSA) is 71.8 Å². The molecule has 0 fully saturated rings. The van der Waals surface area contributed by atoms with Gasteiger partial charge >= 0.3 is 0 Å². The summed E-state index contributed by atoms with van der Waals surface area (Å²) in [7, 11) is 3.71. The van der Waals surface area contributed by atoms with Crippen LogP contribution in [-0.2, 0) is 6.54 Å². The van der Waals surface area contributed by atoms with E-state index in [2.05, 4.69) is 15.1 Å². The predicted octanol–water partition coefficient (Wildman–Crippen LogP) is 0.106. The van der Waals surface area contributed by atoms with Crippen molar-refractivity contribution in [2.24, 2.45) is 10.7 Å². The van der Waals surface area contributed by atoms with Gasteiger partial charge in [0.15, 0.2) is 11.6 Å². The Labute approximate surface area is 93.4 Å². The van der Waals surface area contributed by atoms with E-state index in [1.165, 1.54) is 0 Å². The smallest absolute Gasteiger partial charge is 0.191 e. The van der Waals surface area contributed by atoms with Crippen LogP contribution in [0, 0.1) is 0 Å². The number of aliphatic imine (C=N–C) groups is 1.